The summed E-state index contributed by atoms with van der Waals surface area (Å²) in [4.78, 5) is 20.8. The number of pyridine rings is 1. The first kappa shape index (κ1) is 24.2. The molecule has 2 fully saturated rings. The molecule has 0 aliphatic carbocycles. The van der Waals surface area contributed by atoms with E-state index in [9.17, 15) is 13.6 Å². The monoisotopic (exact) mass is 476 g/mol. The second-order valence-electron chi connectivity index (χ2n) is 9.43. The van der Waals surface area contributed by atoms with E-state index in [2.05, 4.69) is 4.98 Å². The van der Waals surface area contributed by atoms with Crippen molar-refractivity contribution >= 4 is 17.4 Å². The average molecular weight is 477 g/mol. The summed E-state index contributed by atoms with van der Waals surface area (Å²) in [5.74, 6) is -2.49. The molecule has 2 aromatic rings. The van der Waals surface area contributed by atoms with E-state index in [0.717, 1.165) is 11.3 Å². The van der Waals surface area contributed by atoms with Crippen LogP contribution in [0.3, 0.4) is 0 Å². The SMILES string of the molecule is C[C@H](CC(=O)N(C)C)c1ccc(OC2CCN(c3ccnc(N4CCC(F)(F)C4)c3F)C2)cc1. The summed E-state index contributed by atoms with van der Waals surface area (Å²) in [6.07, 6.45) is 2.22. The third-order valence-corrected chi connectivity index (χ3v) is 6.54. The van der Waals surface area contributed by atoms with Gasteiger partial charge in [0.05, 0.1) is 18.8 Å². The lowest BCUT2D eigenvalue weighted by Gasteiger charge is -2.23. The minimum absolute atomic E-state index is 0.0171. The number of amides is 1. The summed E-state index contributed by atoms with van der Waals surface area (Å²) in [6.45, 7) is 2.69. The van der Waals surface area contributed by atoms with E-state index in [4.69, 9.17) is 4.74 Å². The van der Waals surface area contributed by atoms with E-state index < -0.39 is 18.3 Å². The van der Waals surface area contributed by atoms with Crippen molar-refractivity contribution in [1.29, 1.82) is 0 Å². The van der Waals surface area contributed by atoms with Crippen molar-refractivity contribution in [2.24, 2.45) is 0 Å². The number of halogens is 3. The molecule has 6 nitrogen and oxygen atoms in total. The van der Waals surface area contributed by atoms with Crippen molar-refractivity contribution in [1.82, 2.24) is 9.88 Å². The Kier molecular flexibility index (Phi) is 6.91. The van der Waals surface area contributed by atoms with Gasteiger partial charge in [-0.1, -0.05) is 19.1 Å². The second kappa shape index (κ2) is 9.72. The number of anilines is 2. The minimum Gasteiger partial charge on any atom is -0.489 e. The normalized spacial score (nSPS) is 20.5. The standard InChI is InChI=1S/C25H31F3N4O2/c1-17(14-22(33)30(2)3)18-4-6-19(7-5-18)34-20-9-12-31(15-20)21-8-11-29-24(23(21)26)32-13-10-25(27,28)16-32/h4-8,11,17,20H,9-10,12-16H2,1-3H3/t17-,20?/m1/s1. The number of benzene rings is 1. The van der Waals surface area contributed by atoms with Gasteiger partial charge in [-0.05, 0) is 29.7 Å². The maximum Gasteiger partial charge on any atom is 0.266 e. The van der Waals surface area contributed by atoms with Crippen molar-refractivity contribution < 1.29 is 22.7 Å². The van der Waals surface area contributed by atoms with Gasteiger partial charge >= 0.3 is 0 Å². The van der Waals surface area contributed by atoms with Gasteiger partial charge in [0.1, 0.15) is 11.9 Å². The summed E-state index contributed by atoms with van der Waals surface area (Å²) in [6, 6.07) is 9.31. The summed E-state index contributed by atoms with van der Waals surface area (Å²) in [5.41, 5.74) is 1.43. The van der Waals surface area contributed by atoms with E-state index in [-0.39, 0.29) is 36.7 Å². The molecule has 1 amide bonds. The lowest BCUT2D eigenvalue weighted by atomic mass is 9.97. The van der Waals surface area contributed by atoms with Crippen molar-refractivity contribution in [3.63, 3.8) is 0 Å². The van der Waals surface area contributed by atoms with Crippen LogP contribution in [0.25, 0.3) is 0 Å². The Labute approximate surface area is 198 Å². The lowest BCUT2D eigenvalue weighted by Crippen LogP contribution is -2.28. The van der Waals surface area contributed by atoms with E-state index in [0.29, 0.717) is 31.6 Å². The van der Waals surface area contributed by atoms with E-state index in [1.807, 2.05) is 36.1 Å². The van der Waals surface area contributed by atoms with Gasteiger partial charge in [-0.2, -0.15) is 0 Å². The quantitative estimate of drug-likeness (QED) is 0.596. The molecule has 2 saturated heterocycles. The average Bonchev–Trinajstić information content (AvgIpc) is 3.40. The number of carbonyl (C=O) groups excluding carboxylic acids is 1. The summed E-state index contributed by atoms with van der Waals surface area (Å²) in [5, 5.41) is 0. The molecular formula is C25H31F3N4O2. The fraction of sp³-hybridized carbons (Fsp3) is 0.520. The molecule has 1 unspecified atom stereocenters. The van der Waals surface area contributed by atoms with E-state index >= 15 is 4.39 Å². The Morgan fingerprint density at radius 2 is 1.94 bits per heavy atom. The van der Waals surface area contributed by atoms with E-state index in [1.165, 1.54) is 11.1 Å². The van der Waals surface area contributed by atoms with Crippen LogP contribution in [0.1, 0.15) is 37.7 Å². The van der Waals surface area contributed by atoms with Gasteiger partial charge in [0.2, 0.25) is 5.91 Å². The summed E-state index contributed by atoms with van der Waals surface area (Å²) in [7, 11) is 3.50. The zero-order valence-corrected chi connectivity index (χ0v) is 19.8. The Morgan fingerprint density at radius 3 is 2.59 bits per heavy atom. The van der Waals surface area contributed by atoms with Crippen LogP contribution < -0.4 is 14.5 Å². The highest BCUT2D eigenvalue weighted by Gasteiger charge is 2.40. The molecule has 0 bridgehead atoms. The first-order valence-electron chi connectivity index (χ1n) is 11.6. The summed E-state index contributed by atoms with van der Waals surface area (Å²) < 4.78 is 48.5. The predicted octanol–water partition coefficient (Wildman–Crippen LogP) is 4.31. The Morgan fingerprint density at radius 1 is 1.21 bits per heavy atom. The van der Waals surface area contributed by atoms with Crippen LogP contribution in [-0.4, -0.2) is 68.1 Å². The molecule has 2 aliphatic heterocycles. The van der Waals surface area contributed by atoms with Crippen molar-refractivity contribution in [3.05, 3.63) is 47.9 Å². The van der Waals surface area contributed by atoms with Gasteiger partial charge in [-0.25, -0.2) is 18.2 Å². The van der Waals surface area contributed by atoms with Crippen LogP contribution in [-0.2, 0) is 4.79 Å². The van der Waals surface area contributed by atoms with Crippen molar-refractivity contribution in [2.45, 2.75) is 44.1 Å². The van der Waals surface area contributed by atoms with Gasteiger partial charge in [0.25, 0.3) is 5.92 Å². The number of nitrogens with zero attached hydrogens (tertiary/aromatic N) is 4. The van der Waals surface area contributed by atoms with Gasteiger partial charge in [0, 0.05) is 52.6 Å². The molecule has 1 aromatic carbocycles. The predicted molar refractivity (Wildman–Crippen MR) is 125 cm³/mol. The largest absolute Gasteiger partial charge is 0.489 e. The number of rotatable bonds is 7. The first-order chi connectivity index (χ1) is 16.1. The maximum atomic E-state index is 15.2. The molecule has 184 valence electrons. The van der Waals surface area contributed by atoms with Gasteiger partial charge in [-0.3, -0.25) is 4.79 Å². The topological polar surface area (TPSA) is 48.9 Å². The zero-order valence-electron chi connectivity index (χ0n) is 19.8. The number of ether oxygens (including phenoxy) is 1. The highest BCUT2D eigenvalue weighted by Crippen LogP contribution is 2.35. The van der Waals surface area contributed by atoms with E-state index in [1.54, 1.807) is 25.1 Å². The number of hydrogen-bond donors (Lipinski definition) is 0. The molecule has 2 atom stereocenters. The number of hydrogen-bond acceptors (Lipinski definition) is 5. The molecule has 9 heteroatoms. The van der Waals surface area contributed by atoms with Crippen LogP contribution in [0.4, 0.5) is 24.7 Å². The second-order valence-corrected chi connectivity index (χ2v) is 9.43. The highest BCUT2D eigenvalue weighted by atomic mass is 19.3. The lowest BCUT2D eigenvalue weighted by molar-refractivity contribution is -0.129. The van der Waals surface area contributed by atoms with Crippen LogP contribution in [0.5, 0.6) is 5.75 Å². The fourth-order valence-electron chi connectivity index (χ4n) is 4.48. The van der Waals surface area contributed by atoms with Gasteiger partial charge < -0.3 is 19.4 Å². The minimum atomic E-state index is -2.81. The molecule has 0 N–H and O–H groups in total. The van der Waals surface area contributed by atoms with Crippen LogP contribution in [0.15, 0.2) is 36.5 Å². The Bertz CT molecular complexity index is 1020. The number of carbonyl (C=O) groups is 1. The molecule has 2 aliphatic rings. The van der Waals surface area contributed by atoms with Crippen LogP contribution in [0.2, 0.25) is 0 Å². The maximum absolute atomic E-state index is 15.2. The molecule has 3 heterocycles. The molecule has 0 spiro atoms. The molecule has 1 aromatic heterocycles. The molecular weight excluding hydrogens is 445 g/mol. The van der Waals surface area contributed by atoms with Crippen LogP contribution >= 0.6 is 0 Å². The molecule has 0 saturated carbocycles. The van der Waals surface area contributed by atoms with Gasteiger partial charge in [0.15, 0.2) is 11.6 Å². The zero-order chi connectivity index (χ0) is 24.5. The van der Waals surface area contributed by atoms with Crippen molar-refractivity contribution in [2.75, 3.05) is 50.1 Å². The third-order valence-electron chi connectivity index (χ3n) is 6.54. The van der Waals surface area contributed by atoms with Crippen LogP contribution in [0, 0.1) is 5.82 Å². The smallest absolute Gasteiger partial charge is 0.266 e. The Balaban J connectivity index is 1.36. The molecule has 0 radical (unpaired) electrons. The summed E-state index contributed by atoms with van der Waals surface area (Å²) >= 11 is 0. The molecule has 34 heavy (non-hydrogen) atoms. The fourth-order valence-corrected chi connectivity index (χ4v) is 4.48. The first-order valence-corrected chi connectivity index (χ1v) is 11.6. The Hall–Kier alpha value is -2.97. The van der Waals surface area contributed by atoms with Gasteiger partial charge in [-0.15, -0.1) is 0 Å². The number of alkyl halides is 2. The molecule has 4 rings (SSSR count). The highest BCUT2D eigenvalue weighted by molar-refractivity contribution is 5.76. The van der Waals surface area contributed by atoms with Crippen molar-refractivity contribution in [3.8, 4) is 5.75 Å². The third kappa shape index (κ3) is 5.39. The number of aromatic nitrogens is 1.